The van der Waals surface area contributed by atoms with Gasteiger partial charge in [0.15, 0.2) is 0 Å². The number of halogens is 3. The van der Waals surface area contributed by atoms with Gasteiger partial charge in [-0.1, -0.05) is 6.42 Å². The summed E-state index contributed by atoms with van der Waals surface area (Å²) in [5, 5.41) is 5.89. The molecular weight excluding hydrogens is 269 g/mol. The zero-order valence-electron chi connectivity index (χ0n) is 12.4. The van der Waals surface area contributed by atoms with Crippen LogP contribution in [0.5, 0.6) is 0 Å². The Morgan fingerprint density at radius 1 is 1.25 bits per heavy atom. The minimum Gasteiger partial charge on any atom is -0.356 e. The lowest BCUT2D eigenvalue weighted by atomic mass is 9.84. The normalized spacial score (nSPS) is 24.5. The van der Waals surface area contributed by atoms with Crippen molar-refractivity contribution in [2.24, 2.45) is 11.3 Å². The molecule has 3 nitrogen and oxygen atoms in total. The number of amides is 1. The van der Waals surface area contributed by atoms with Crippen LogP contribution in [0.4, 0.5) is 13.2 Å². The maximum Gasteiger partial charge on any atom is 0.391 e. The molecule has 0 heterocycles. The summed E-state index contributed by atoms with van der Waals surface area (Å²) in [7, 11) is 0. The highest BCUT2D eigenvalue weighted by atomic mass is 19.4. The molecule has 1 saturated carbocycles. The number of hydrogen-bond donors (Lipinski definition) is 2. The predicted octanol–water partition coefficient (Wildman–Crippen LogP) is 2.86. The molecule has 0 bridgehead atoms. The van der Waals surface area contributed by atoms with Crippen LogP contribution in [-0.4, -0.2) is 31.2 Å². The summed E-state index contributed by atoms with van der Waals surface area (Å²) in [6.45, 7) is 6.40. The fraction of sp³-hybridized carbons (Fsp3) is 0.929. The highest BCUT2D eigenvalue weighted by Gasteiger charge is 2.42. The first-order valence-electron chi connectivity index (χ1n) is 7.25. The van der Waals surface area contributed by atoms with Gasteiger partial charge in [-0.15, -0.1) is 0 Å². The van der Waals surface area contributed by atoms with Gasteiger partial charge in [0, 0.05) is 19.1 Å². The summed E-state index contributed by atoms with van der Waals surface area (Å²) >= 11 is 0. The Labute approximate surface area is 118 Å². The predicted molar refractivity (Wildman–Crippen MR) is 72.3 cm³/mol. The van der Waals surface area contributed by atoms with Crippen molar-refractivity contribution < 1.29 is 18.0 Å². The highest BCUT2D eigenvalue weighted by molar-refractivity contribution is 5.81. The Kier molecular flexibility index (Phi) is 5.86. The fourth-order valence-electron chi connectivity index (χ4n) is 2.55. The van der Waals surface area contributed by atoms with E-state index in [1.165, 1.54) is 0 Å². The molecule has 2 atom stereocenters. The molecule has 0 aromatic heterocycles. The van der Waals surface area contributed by atoms with Crippen molar-refractivity contribution in [1.82, 2.24) is 10.6 Å². The minimum absolute atomic E-state index is 0.0734. The van der Waals surface area contributed by atoms with E-state index < -0.39 is 17.5 Å². The Hall–Kier alpha value is -0.780. The summed E-state index contributed by atoms with van der Waals surface area (Å²) in [5.74, 6) is -1.28. The maximum absolute atomic E-state index is 12.7. The lowest BCUT2D eigenvalue weighted by Crippen LogP contribution is -2.47. The second-order valence-corrected chi connectivity index (χ2v) is 6.23. The van der Waals surface area contributed by atoms with E-state index in [1.807, 2.05) is 6.92 Å². The Balaban J connectivity index is 2.47. The summed E-state index contributed by atoms with van der Waals surface area (Å²) in [6.07, 6.45) is -2.42. The topological polar surface area (TPSA) is 41.1 Å². The zero-order valence-corrected chi connectivity index (χ0v) is 12.4. The lowest BCUT2D eigenvalue weighted by Gasteiger charge is -2.33. The van der Waals surface area contributed by atoms with E-state index >= 15 is 0 Å². The van der Waals surface area contributed by atoms with Crippen molar-refractivity contribution in [3.63, 3.8) is 0 Å². The average molecular weight is 294 g/mol. The number of alkyl halides is 3. The van der Waals surface area contributed by atoms with Crippen LogP contribution in [0.2, 0.25) is 0 Å². The molecule has 0 aliphatic heterocycles. The molecule has 0 aromatic carbocycles. The highest BCUT2D eigenvalue weighted by Crippen LogP contribution is 2.37. The van der Waals surface area contributed by atoms with Crippen LogP contribution in [0, 0.1) is 11.3 Å². The molecule has 1 fully saturated rings. The van der Waals surface area contributed by atoms with E-state index in [1.54, 1.807) is 13.8 Å². The average Bonchev–Trinajstić information content (AvgIpc) is 2.36. The van der Waals surface area contributed by atoms with Crippen LogP contribution in [0.15, 0.2) is 0 Å². The number of nitrogens with one attached hydrogen (secondary N) is 2. The second-order valence-electron chi connectivity index (χ2n) is 6.23. The van der Waals surface area contributed by atoms with Crippen molar-refractivity contribution in [1.29, 1.82) is 0 Å². The van der Waals surface area contributed by atoms with Crippen LogP contribution >= 0.6 is 0 Å². The third kappa shape index (κ3) is 4.96. The first-order valence-corrected chi connectivity index (χ1v) is 7.25. The van der Waals surface area contributed by atoms with Crippen molar-refractivity contribution in [2.45, 2.75) is 58.7 Å². The standard InChI is InChI=1S/C14H25F3N2O/c1-4-18-12(20)13(2,3)9-19-11-7-5-6-10(8-11)14(15,16)17/h10-11,19H,4-9H2,1-3H3,(H,18,20)/t10-,11+/m1/s1. The largest absolute Gasteiger partial charge is 0.391 e. The van der Waals surface area contributed by atoms with Gasteiger partial charge >= 0.3 is 6.18 Å². The van der Waals surface area contributed by atoms with Crippen molar-refractivity contribution in [3.05, 3.63) is 0 Å². The van der Waals surface area contributed by atoms with E-state index in [4.69, 9.17) is 0 Å². The Morgan fingerprint density at radius 3 is 2.45 bits per heavy atom. The van der Waals surface area contributed by atoms with E-state index in [0.29, 0.717) is 19.5 Å². The molecule has 2 N–H and O–H groups in total. The minimum atomic E-state index is -4.10. The van der Waals surface area contributed by atoms with E-state index in [0.717, 1.165) is 6.42 Å². The molecule has 0 radical (unpaired) electrons. The fourth-order valence-corrected chi connectivity index (χ4v) is 2.55. The lowest BCUT2D eigenvalue weighted by molar-refractivity contribution is -0.183. The zero-order chi connectivity index (χ0) is 15.4. The SMILES string of the molecule is CCNC(=O)C(C)(C)CN[C@H]1CCC[C@@H](C(F)(F)F)C1. The summed E-state index contributed by atoms with van der Waals surface area (Å²) < 4.78 is 38.2. The molecule has 1 rings (SSSR count). The van der Waals surface area contributed by atoms with Crippen molar-refractivity contribution in [2.75, 3.05) is 13.1 Å². The van der Waals surface area contributed by atoms with Crippen LogP contribution < -0.4 is 10.6 Å². The molecule has 1 aliphatic carbocycles. The van der Waals surface area contributed by atoms with Gasteiger partial charge in [-0.2, -0.15) is 13.2 Å². The molecule has 0 spiro atoms. The second kappa shape index (κ2) is 6.78. The molecule has 0 aromatic rings. The summed E-state index contributed by atoms with van der Waals surface area (Å²) in [6, 6.07) is -0.149. The quantitative estimate of drug-likeness (QED) is 0.818. The molecule has 1 amide bonds. The van der Waals surface area contributed by atoms with Gasteiger partial charge in [0.1, 0.15) is 0 Å². The van der Waals surface area contributed by atoms with Gasteiger partial charge in [0.25, 0.3) is 0 Å². The van der Waals surface area contributed by atoms with E-state index in [2.05, 4.69) is 10.6 Å². The van der Waals surface area contributed by atoms with Gasteiger partial charge in [-0.3, -0.25) is 4.79 Å². The molecule has 118 valence electrons. The smallest absolute Gasteiger partial charge is 0.356 e. The van der Waals surface area contributed by atoms with Crippen LogP contribution in [-0.2, 0) is 4.79 Å². The molecule has 20 heavy (non-hydrogen) atoms. The summed E-state index contributed by atoms with van der Waals surface area (Å²) in [5.41, 5.74) is -0.610. The van der Waals surface area contributed by atoms with Gasteiger partial charge in [0.05, 0.1) is 11.3 Å². The molecular formula is C14H25F3N2O. The molecule has 6 heteroatoms. The number of hydrogen-bond acceptors (Lipinski definition) is 2. The monoisotopic (exact) mass is 294 g/mol. The molecule has 0 saturated heterocycles. The number of rotatable bonds is 5. The first-order chi connectivity index (χ1) is 9.16. The van der Waals surface area contributed by atoms with Gasteiger partial charge < -0.3 is 10.6 Å². The van der Waals surface area contributed by atoms with Crippen molar-refractivity contribution >= 4 is 5.91 Å². The van der Waals surface area contributed by atoms with E-state index in [9.17, 15) is 18.0 Å². The first kappa shape index (κ1) is 17.3. The number of carbonyl (C=O) groups excluding carboxylic acids is 1. The molecule has 0 unspecified atom stereocenters. The van der Waals surface area contributed by atoms with Crippen LogP contribution in [0.25, 0.3) is 0 Å². The molecule has 1 aliphatic rings. The third-order valence-corrected chi connectivity index (χ3v) is 3.92. The summed E-state index contributed by atoms with van der Waals surface area (Å²) in [4.78, 5) is 11.8. The van der Waals surface area contributed by atoms with Crippen LogP contribution in [0.1, 0.15) is 46.5 Å². The maximum atomic E-state index is 12.7. The van der Waals surface area contributed by atoms with Gasteiger partial charge in [-0.25, -0.2) is 0 Å². The Morgan fingerprint density at radius 2 is 1.90 bits per heavy atom. The van der Waals surface area contributed by atoms with Gasteiger partial charge in [-0.05, 0) is 40.0 Å². The van der Waals surface area contributed by atoms with Gasteiger partial charge in [0.2, 0.25) is 5.91 Å². The van der Waals surface area contributed by atoms with Crippen molar-refractivity contribution in [3.8, 4) is 0 Å². The number of carbonyl (C=O) groups is 1. The Bertz CT molecular complexity index is 329. The van der Waals surface area contributed by atoms with Crippen LogP contribution in [0.3, 0.4) is 0 Å². The van der Waals surface area contributed by atoms with E-state index in [-0.39, 0.29) is 24.8 Å². The third-order valence-electron chi connectivity index (χ3n) is 3.92.